The van der Waals surface area contributed by atoms with Crippen molar-refractivity contribution in [1.29, 1.82) is 0 Å². The van der Waals surface area contributed by atoms with Crippen LogP contribution in [-0.2, 0) is 14.3 Å². The minimum Gasteiger partial charge on any atom is -0.482 e. The van der Waals surface area contributed by atoms with Crippen molar-refractivity contribution >= 4 is 23.6 Å². The number of ether oxygens (including phenoxy) is 2. The van der Waals surface area contributed by atoms with Crippen LogP contribution in [0.2, 0.25) is 0 Å². The molecule has 1 amide bonds. The Kier molecular flexibility index (Phi) is 3.62. The topological polar surface area (TPSA) is 64.6 Å². The first kappa shape index (κ1) is 12.2. The highest BCUT2D eigenvalue weighted by Gasteiger charge is 2.15. The number of methoxy groups -OCH3 is 1. The van der Waals surface area contributed by atoms with Gasteiger partial charge in [0.25, 0.3) is 5.91 Å². The molecule has 0 fully saturated rings. The van der Waals surface area contributed by atoms with Gasteiger partial charge in [-0.1, -0.05) is 18.2 Å². The van der Waals surface area contributed by atoms with E-state index in [2.05, 4.69) is 10.1 Å². The van der Waals surface area contributed by atoms with Crippen molar-refractivity contribution < 1.29 is 19.1 Å². The summed E-state index contributed by atoms with van der Waals surface area (Å²) in [6, 6.07) is 5.41. The van der Waals surface area contributed by atoms with Crippen LogP contribution < -0.4 is 10.1 Å². The van der Waals surface area contributed by atoms with E-state index in [4.69, 9.17) is 4.74 Å². The minimum atomic E-state index is -0.285. The number of anilines is 1. The van der Waals surface area contributed by atoms with Crippen LogP contribution in [0, 0.1) is 0 Å². The Hall–Kier alpha value is -2.30. The molecule has 18 heavy (non-hydrogen) atoms. The van der Waals surface area contributed by atoms with E-state index in [1.165, 1.54) is 7.11 Å². The lowest BCUT2D eigenvalue weighted by Crippen LogP contribution is -2.25. The maximum Gasteiger partial charge on any atom is 0.309 e. The van der Waals surface area contributed by atoms with Gasteiger partial charge in [0.2, 0.25) is 0 Å². The molecule has 0 saturated heterocycles. The molecule has 1 aliphatic rings. The summed E-state index contributed by atoms with van der Waals surface area (Å²) in [6.45, 7) is 0.0301. The van der Waals surface area contributed by atoms with E-state index in [9.17, 15) is 9.59 Å². The van der Waals surface area contributed by atoms with Gasteiger partial charge >= 0.3 is 5.97 Å². The summed E-state index contributed by atoms with van der Waals surface area (Å²) in [4.78, 5) is 22.0. The Morgan fingerprint density at radius 1 is 1.56 bits per heavy atom. The number of fused-ring (bicyclic) bond motifs is 1. The van der Waals surface area contributed by atoms with Gasteiger partial charge in [0.1, 0.15) is 5.75 Å². The van der Waals surface area contributed by atoms with E-state index < -0.39 is 0 Å². The molecular formula is C13H13NO4. The maximum atomic E-state index is 11.1. The summed E-state index contributed by atoms with van der Waals surface area (Å²) in [7, 11) is 1.35. The van der Waals surface area contributed by atoms with E-state index >= 15 is 0 Å². The molecular weight excluding hydrogens is 234 g/mol. The maximum absolute atomic E-state index is 11.1. The van der Waals surface area contributed by atoms with Crippen LogP contribution in [0.3, 0.4) is 0 Å². The molecule has 2 rings (SSSR count). The van der Waals surface area contributed by atoms with Crippen molar-refractivity contribution in [1.82, 2.24) is 0 Å². The summed E-state index contributed by atoms with van der Waals surface area (Å²) in [5.41, 5.74) is 1.56. The molecule has 94 valence electrons. The third kappa shape index (κ3) is 2.88. The summed E-state index contributed by atoms with van der Waals surface area (Å²) in [5.74, 6) is 0.194. The van der Waals surface area contributed by atoms with E-state index in [0.29, 0.717) is 11.4 Å². The third-order valence-electron chi connectivity index (χ3n) is 2.46. The van der Waals surface area contributed by atoms with Gasteiger partial charge < -0.3 is 14.8 Å². The standard InChI is InChI=1S/C13H13NO4/c1-17-13(16)4-2-3-9-5-6-10-11(7-9)18-8-12(15)14-10/h2-3,5-7H,4,8H2,1H3,(H,14,15). The quantitative estimate of drug-likeness (QED) is 0.824. The van der Waals surface area contributed by atoms with E-state index in [0.717, 1.165) is 5.56 Å². The van der Waals surface area contributed by atoms with Gasteiger partial charge in [-0.3, -0.25) is 9.59 Å². The lowest BCUT2D eigenvalue weighted by molar-refractivity contribution is -0.139. The van der Waals surface area contributed by atoms with Gasteiger partial charge in [-0.05, 0) is 17.7 Å². The Morgan fingerprint density at radius 3 is 3.17 bits per heavy atom. The van der Waals surface area contributed by atoms with Gasteiger partial charge in [-0.2, -0.15) is 0 Å². The normalized spacial score (nSPS) is 13.7. The molecule has 0 unspecified atom stereocenters. The zero-order valence-corrected chi connectivity index (χ0v) is 9.93. The third-order valence-corrected chi connectivity index (χ3v) is 2.46. The molecule has 5 heteroatoms. The molecule has 1 N–H and O–H groups in total. The number of benzene rings is 1. The number of esters is 1. The molecule has 5 nitrogen and oxygen atoms in total. The first-order chi connectivity index (χ1) is 8.69. The van der Waals surface area contributed by atoms with Crippen molar-refractivity contribution in [2.45, 2.75) is 6.42 Å². The largest absolute Gasteiger partial charge is 0.482 e. The monoisotopic (exact) mass is 247 g/mol. The van der Waals surface area contributed by atoms with Crippen LogP contribution in [0.15, 0.2) is 24.3 Å². The molecule has 1 aromatic rings. The van der Waals surface area contributed by atoms with Crippen LogP contribution in [0.1, 0.15) is 12.0 Å². The van der Waals surface area contributed by atoms with Gasteiger partial charge in [-0.25, -0.2) is 0 Å². The van der Waals surface area contributed by atoms with Crippen molar-refractivity contribution in [3.63, 3.8) is 0 Å². The average molecular weight is 247 g/mol. The summed E-state index contributed by atoms with van der Waals surface area (Å²) in [6.07, 6.45) is 3.75. The fourth-order valence-electron chi connectivity index (χ4n) is 1.57. The second kappa shape index (κ2) is 5.35. The number of hydrogen-bond acceptors (Lipinski definition) is 4. The summed E-state index contributed by atoms with van der Waals surface area (Å²) < 4.78 is 9.82. The Bertz CT molecular complexity index is 508. The minimum absolute atomic E-state index is 0.0301. The molecule has 0 spiro atoms. The SMILES string of the molecule is COC(=O)CC=Cc1ccc2c(c1)OCC(=O)N2. The van der Waals surface area contributed by atoms with Gasteiger partial charge in [0.05, 0.1) is 19.2 Å². The molecule has 1 aromatic carbocycles. The van der Waals surface area contributed by atoms with Crippen molar-refractivity contribution in [3.8, 4) is 5.75 Å². The van der Waals surface area contributed by atoms with Crippen molar-refractivity contribution in [3.05, 3.63) is 29.8 Å². The Morgan fingerprint density at radius 2 is 2.39 bits per heavy atom. The predicted octanol–water partition coefficient (Wildman–Crippen LogP) is 1.59. The highest BCUT2D eigenvalue weighted by Crippen LogP contribution is 2.28. The van der Waals surface area contributed by atoms with Crippen molar-refractivity contribution in [2.24, 2.45) is 0 Å². The molecule has 1 aliphatic heterocycles. The highest BCUT2D eigenvalue weighted by atomic mass is 16.5. The molecule has 0 aromatic heterocycles. The number of carbonyl (C=O) groups excluding carboxylic acids is 2. The van der Waals surface area contributed by atoms with Gasteiger partial charge in [0.15, 0.2) is 6.61 Å². The average Bonchev–Trinajstić information content (AvgIpc) is 2.38. The molecule has 1 heterocycles. The summed E-state index contributed by atoms with van der Waals surface area (Å²) >= 11 is 0. The molecule has 0 radical (unpaired) electrons. The first-order valence-corrected chi connectivity index (χ1v) is 5.49. The molecule has 0 bridgehead atoms. The zero-order valence-electron chi connectivity index (χ0n) is 9.93. The van der Waals surface area contributed by atoms with Crippen LogP contribution in [0.5, 0.6) is 5.75 Å². The van der Waals surface area contributed by atoms with Crippen LogP contribution in [-0.4, -0.2) is 25.6 Å². The van der Waals surface area contributed by atoms with Crippen molar-refractivity contribution in [2.75, 3.05) is 19.0 Å². The smallest absolute Gasteiger partial charge is 0.309 e. The number of hydrogen-bond donors (Lipinski definition) is 1. The summed E-state index contributed by atoms with van der Waals surface area (Å²) in [5, 5.41) is 2.71. The number of rotatable bonds is 3. The van der Waals surface area contributed by atoms with E-state index in [1.54, 1.807) is 18.2 Å². The number of nitrogens with one attached hydrogen (secondary N) is 1. The molecule has 0 saturated carbocycles. The first-order valence-electron chi connectivity index (χ1n) is 5.49. The second-order valence-corrected chi connectivity index (χ2v) is 3.78. The predicted molar refractivity (Wildman–Crippen MR) is 66.2 cm³/mol. The number of carbonyl (C=O) groups is 2. The lowest BCUT2D eigenvalue weighted by Gasteiger charge is -2.17. The second-order valence-electron chi connectivity index (χ2n) is 3.78. The molecule has 0 aliphatic carbocycles. The number of amides is 1. The lowest BCUT2D eigenvalue weighted by atomic mass is 10.1. The Balaban J connectivity index is 2.07. The molecule has 0 atom stereocenters. The van der Waals surface area contributed by atoms with Crippen LogP contribution in [0.4, 0.5) is 5.69 Å². The van der Waals surface area contributed by atoms with Crippen LogP contribution >= 0.6 is 0 Å². The highest BCUT2D eigenvalue weighted by molar-refractivity contribution is 5.95. The van der Waals surface area contributed by atoms with Crippen LogP contribution in [0.25, 0.3) is 6.08 Å². The zero-order chi connectivity index (χ0) is 13.0. The fourth-order valence-corrected chi connectivity index (χ4v) is 1.57. The van der Waals surface area contributed by atoms with E-state index in [-0.39, 0.29) is 24.9 Å². The van der Waals surface area contributed by atoms with Gasteiger partial charge in [-0.15, -0.1) is 0 Å². The van der Waals surface area contributed by atoms with Gasteiger partial charge in [0, 0.05) is 0 Å². The Labute approximate surface area is 104 Å². The fraction of sp³-hybridized carbons (Fsp3) is 0.231. The van der Waals surface area contributed by atoms with E-state index in [1.807, 2.05) is 12.1 Å².